The van der Waals surface area contributed by atoms with E-state index in [1.54, 1.807) is 13.8 Å². The van der Waals surface area contributed by atoms with Gasteiger partial charge >= 0.3 is 5.97 Å². The molecule has 0 atom stereocenters. The van der Waals surface area contributed by atoms with E-state index in [0.717, 1.165) is 32.7 Å². The standard InChI is InChI=1S/C24H33N5O3/c1-5-27(6-2)13-14-28(16-19-11-9-8-10-12-19)17-20-15-21(30)29-23(25-20)22(18(4)26-29)24(31)32-7-3/h8-12,15,26H,5-7,13-14,16-17H2,1-4H3. The van der Waals surface area contributed by atoms with E-state index < -0.39 is 5.97 Å². The van der Waals surface area contributed by atoms with Crippen molar-refractivity contribution in [3.8, 4) is 0 Å². The largest absolute Gasteiger partial charge is 0.462 e. The summed E-state index contributed by atoms with van der Waals surface area (Å²) in [6.07, 6.45) is 0. The third-order valence-electron chi connectivity index (χ3n) is 5.59. The zero-order valence-corrected chi connectivity index (χ0v) is 19.4. The Labute approximate surface area is 188 Å². The maximum absolute atomic E-state index is 12.8. The molecule has 0 aliphatic rings. The number of nitrogens with zero attached hydrogens (tertiary/aromatic N) is 4. The summed E-state index contributed by atoms with van der Waals surface area (Å²) in [4.78, 5) is 34.6. The Balaban J connectivity index is 1.91. The van der Waals surface area contributed by atoms with Crippen molar-refractivity contribution in [2.45, 2.75) is 40.8 Å². The maximum Gasteiger partial charge on any atom is 0.343 e. The minimum atomic E-state index is -0.476. The molecule has 0 spiro atoms. The average Bonchev–Trinajstić information content (AvgIpc) is 3.11. The summed E-state index contributed by atoms with van der Waals surface area (Å²) in [6.45, 7) is 13.1. The normalized spacial score (nSPS) is 11.6. The smallest absolute Gasteiger partial charge is 0.343 e. The van der Waals surface area contributed by atoms with Gasteiger partial charge in [0.2, 0.25) is 0 Å². The van der Waals surface area contributed by atoms with Crippen LogP contribution in [0.5, 0.6) is 0 Å². The predicted octanol–water partition coefficient (Wildman–Crippen LogP) is 2.85. The summed E-state index contributed by atoms with van der Waals surface area (Å²) in [5.74, 6) is -0.476. The van der Waals surface area contributed by atoms with Gasteiger partial charge in [0.05, 0.1) is 12.3 Å². The van der Waals surface area contributed by atoms with Crippen LogP contribution in [0.3, 0.4) is 0 Å². The molecule has 172 valence electrons. The van der Waals surface area contributed by atoms with E-state index in [-0.39, 0.29) is 12.2 Å². The molecule has 0 saturated carbocycles. The molecule has 0 aliphatic carbocycles. The van der Waals surface area contributed by atoms with E-state index in [4.69, 9.17) is 4.74 Å². The number of carbonyl (C=O) groups is 1. The van der Waals surface area contributed by atoms with Gasteiger partial charge in [-0.2, -0.15) is 0 Å². The Kier molecular flexibility index (Phi) is 8.19. The molecule has 1 aromatic carbocycles. The lowest BCUT2D eigenvalue weighted by Gasteiger charge is -2.26. The van der Waals surface area contributed by atoms with Gasteiger partial charge in [-0.3, -0.25) is 14.8 Å². The van der Waals surface area contributed by atoms with Gasteiger partial charge in [-0.1, -0.05) is 44.2 Å². The van der Waals surface area contributed by atoms with Gasteiger partial charge in [-0.15, -0.1) is 0 Å². The van der Waals surface area contributed by atoms with Crippen molar-refractivity contribution >= 4 is 11.6 Å². The quantitative estimate of drug-likeness (QED) is 0.463. The van der Waals surface area contributed by atoms with Crippen molar-refractivity contribution in [3.63, 3.8) is 0 Å². The molecule has 1 N–H and O–H groups in total. The van der Waals surface area contributed by atoms with Crippen LogP contribution in [-0.2, 0) is 17.8 Å². The lowest BCUT2D eigenvalue weighted by Crippen LogP contribution is -2.35. The van der Waals surface area contributed by atoms with Crippen molar-refractivity contribution in [3.05, 3.63) is 69.3 Å². The molecular weight excluding hydrogens is 406 g/mol. The first-order valence-corrected chi connectivity index (χ1v) is 11.2. The highest BCUT2D eigenvalue weighted by molar-refractivity contribution is 5.97. The van der Waals surface area contributed by atoms with Crippen LogP contribution in [0.25, 0.3) is 5.65 Å². The molecular formula is C24H33N5O3. The minimum Gasteiger partial charge on any atom is -0.462 e. The van der Waals surface area contributed by atoms with E-state index in [9.17, 15) is 9.59 Å². The van der Waals surface area contributed by atoms with Gasteiger partial charge < -0.3 is 9.64 Å². The summed E-state index contributed by atoms with van der Waals surface area (Å²) in [6, 6.07) is 11.8. The molecule has 0 aliphatic heterocycles. The highest BCUT2D eigenvalue weighted by Crippen LogP contribution is 2.15. The van der Waals surface area contributed by atoms with Gasteiger partial charge in [0.15, 0.2) is 5.65 Å². The fraction of sp³-hybridized carbons (Fsp3) is 0.458. The van der Waals surface area contributed by atoms with Gasteiger partial charge in [0.25, 0.3) is 5.56 Å². The second-order valence-corrected chi connectivity index (χ2v) is 7.80. The highest BCUT2D eigenvalue weighted by atomic mass is 16.5. The van der Waals surface area contributed by atoms with Crippen molar-refractivity contribution in [1.82, 2.24) is 24.4 Å². The lowest BCUT2D eigenvalue weighted by atomic mass is 10.2. The van der Waals surface area contributed by atoms with Crippen molar-refractivity contribution < 1.29 is 9.53 Å². The number of esters is 1. The zero-order chi connectivity index (χ0) is 23.1. The lowest BCUT2D eigenvalue weighted by molar-refractivity contribution is 0.0527. The number of hydrogen-bond donors (Lipinski definition) is 1. The fourth-order valence-corrected chi connectivity index (χ4v) is 3.83. The Morgan fingerprint density at radius 1 is 1.06 bits per heavy atom. The number of likely N-dealkylation sites (N-methyl/N-ethyl adjacent to an activating group) is 1. The van der Waals surface area contributed by atoms with Crippen LogP contribution in [0.4, 0.5) is 0 Å². The van der Waals surface area contributed by atoms with E-state index >= 15 is 0 Å². The second-order valence-electron chi connectivity index (χ2n) is 7.80. The summed E-state index contributed by atoms with van der Waals surface area (Å²) >= 11 is 0. The van der Waals surface area contributed by atoms with Gasteiger partial charge in [0, 0.05) is 37.9 Å². The van der Waals surface area contributed by atoms with E-state index in [2.05, 4.69) is 45.9 Å². The number of aromatic amines is 1. The van der Waals surface area contributed by atoms with E-state index in [1.807, 2.05) is 18.2 Å². The number of ether oxygens (including phenoxy) is 1. The van der Waals surface area contributed by atoms with Crippen LogP contribution in [0, 0.1) is 6.92 Å². The minimum absolute atomic E-state index is 0.243. The monoisotopic (exact) mass is 439 g/mol. The van der Waals surface area contributed by atoms with Gasteiger partial charge in [0.1, 0.15) is 5.56 Å². The van der Waals surface area contributed by atoms with Crippen LogP contribution in [-0.4, -0.2) is 63.2 Å². The number of aryl methyl sites for hydroxylation is 1. The number of rotatable bonds is 11. The Morgan fingerprint density at radius 3 is 2.41 bits per heavy atom. The summed E-state index contributed by atoms with van der Waals surface area (Å²) in [7, 11) is 0. The van der Waals surface area contributed by atoms with Gasteiger partial charge in [-0.05, 0) is 32.5 Å². The second kappa shape index (κ2) is 11.1. The Bertz CT molecular complexity index is 1090. The number of H-pyrrole nitrogens is 1. The van der Waals surface area contributed by atoms with Crippen LogP contribution in [0.1, 0.15) is 48.1 Å². The van der Waals surface area contributed by atoms with Crippen molar-refractivity contribution in [2.24, 2.45) is 0 Å². The van der Waals surface area contributed by atoms with Gasteiger partial charge in [-0.25, -0.2) is 14.3 Å². The number of hydrogen-bond acceptors (Lipinski definition) is 6. The number of benzene rings is 1. The molecule has 0 saturated heterocycles. The van der Waals surface area contributed by atoms with Crippen LogP contribution < -0.4 is 5.56 Å². The molecule has 0 bridgehead atoms. The molecule has 0 fully saturated rings. The van der Waals surface area contributed by atoms with Crippen LogP contribution in [0.15, 0.2) is 41.2 Å². The van der Waals surface area contributed by atoms with Crippen molar-refractivity contribution in [1.29, 1.82) is 0 Å². The summed E-state index contributed by atoms with van der Waals surface area (Å²) in [5.41, 5.74) is 2.78. The maximum atomic E-state index is 12.8. The Hall–Kier alpha value is -2.97. The average molecular weight is 440 g/mol. The van der Waals surface area contributed by atoms with E-state index in [0.29, 0.717) is 29.1 Å². The highest BCUT2D eigenvalue weighted by Gasteiger charge is 2.21. The molecule has 2 heterocycles. The van der Waals surface area contributed by atoms with Crippen LogP contribution in [0.2, 0.25) is 0 Å². The molecule has 8 nitrogen and oxygen atoms in total. The molecule has 0 radical (unpaired) electrons. The predicted molar refractivity (Wildman–Crippen MR) is 125 cm³/mol. The molecule has 32 heavy (non-hydrogen) atoms. The zero-order valence-electron chi connectivity index (χ0n) is 19.4. The number of fused-ring (bicyclic) bond motifs is 1. The third-order valence-corrected chi connectivity index (χ3v) is 5.59. The molecule has 0 amide bonds. The molecule has 3 aromatic rings. The number of carbonyl (C=O) groups excluding carboxylic acids is 1. The first kappa shape index (κ1) is 23.7. The molecule has 3 rings (SSSR count). The number of nitrogens with one attached hydrogen (secondary N) is 1. The first-order chi connectivity index (χ1) is 15.5. The number of aromatic nitrogens is 3. The summed E-state index contributed by atoms with van der Waals surface area (Å²) < 4.78 is 6.48. The molecule has 2 aromatic heterocycles. The first-order valence-electron chi connectivity index (χ1n) is 11.2. The van der Waals surface area contributed by atoms with E-state index in [1.165, 1.54) is 16.1 Å². The van der Waals surface area contributed by atoms with Crippen LogP contribution >= 0.6 is 0 Å². The summed E-state index contributed by atoms with van der Waals surface area (Å²) in [5, 5.41) is 2.93. The molecule has 0 unspecified atom stereocenters. The van der Waals surface area contributed by atoms with Crippen molar-refractivity contribution in [2.75, 3.05) is 32.8 Å². The molecule has 8 heteroatoms. The fourth-order valence-electron chi connectivity index (χ4n) is 3.83. The Morgan fingerprint density at radius 2 is 1.75 bits per heavy atom. The SMILES string of the molecule is CCOC(=O)c1c(C)[nH]n2c(=O)cc(CN(CCN(CC)CC)Cc3ccccc3)nc12. The third kappa shape index (κ3) is 5.63. The topological polar surface area (TPSA) is 82.9 Å².